The van der Waals surface area contributed by atoms with Gasteiger partial charge in [-0.15, -0.1) is 0 Å². The highest BCUT2D eigenvalue weighted by Crippen LogP contribution is 2.66. The fourth-order valence-corrected chi connectivity index (χ4v) is 6.85. The fourth-order valence-electron chi connectivity index (χ4n) is 4.97. The summed E-state index contributed by atoms with van der Waals surface area (Å²) in [6, 6.07) is 0. The van der Waals surface area contributed by atoms with Crippen molar-refractivity contribution in [2.45, 2.75) is 57.3 Å². The highest BCUT2D eigenvalue weighted by Gasteiger charge is 2.77. The Bertz CT molecular complexity index is 1020. The maximum Gasteiger partial charge on any atom is 0.356 e. The maximum absolute atomic E-state index is 13.6. The number of ether oxygens (including phenoxy) is 4. The van der Waals surface area contributed by atoms with E-state index < -0.39 is 46.0 Å². The minimum Gasteiger partial charge on any atom is -0.495 e. The van der Waals surface area contributed by atoms with E-state index in [0.717, 1.165) is 0 Å². The van der Waals surface area contributed by atoms with Crippen molar-refractivity contribution >= 4 is 55.5 Å². The number of esters is 3. The summed E-state index contributed by atoms with van der Waals surface area (Å²) in [6.45, 7) is 5.50. The lowest BCUT2D eigenvalue weighted by molar-refractivity contribution is -0.193. The van der Waals surface area contributed by atoms with Gasteiger partial charge in [-0.25, -0.2) is 9.59 Å². The summed E-state index contributed by atoms with van der Waals surface area (Å²) >= 11 is 6.90. The van der Waals surface area contributed by atoms with E-state index >= 15 is 0 Å². The van der Waals surface area contributed by atoms with Gasteiger partial charge in [-0.05, 0) is 57.7 Å². The lowest BCUT2D eigenvalue weighted by Gasteiger charge is -2.39. The van der Waals surface area contributed by atoms with Crippen molar-refractivity contribution in [2.75, 3.05) is 14.2 Å². The first-order chi connectivity index (χ1) is 14.9. The van der Waals surface area contributed by atoms with Crippen LogP contribution in [0.3, 0.4) is 0 Å². The average molecular weight is 577 g/mol. The van der Waals surface area contributed by atoms with Crippen molar-refractivity contribution in [1.29, 1.82) is 0 Å². The molecule has 2 fully saturated rings. The number of oxime groups is 1. The number of carbonyl (C=O) groups excluding carboxylic acids is 3. The molecular formula is C21H23Br2NO8. The predicted octanol–water partition coefficient (Wildman–Crippen LogP) is 3.25. The number of carbonyl (C=O) groups is 3. The number of allylic oxidation sites excluding steroid dienone is 1. The summed E-state index contributed by atoms with van der Waals surface area (Å²) < 4.78 is 22.8. The lowest BCUT2D eigenvalue weighted by Crippen LogP contribution is -2.54. The van der Waals surface area contributed by atoms with E-state index in [4.69, 9.17) is 23.8 Å². The molecule has 32 heavy (non-hydrogen) atoms. The van der Waals surface area contributed by atoms with E-state index in [1.807, 2.05) is 20.8 Å². The highest BCUT2D eigenvalue weighted by atomic mass is 79.9. The molecule has 4 aliphatic rings. The van der Waals surface area contributed by atoms with Gasteiger partial charge in [0.1, 0.15) is 5.76 Å². The number of methoxy groups -OCH3 is 2. The molecule has 9 nitrogen and oxygen atoms in total. The number of fused-ring (bicyclic) bond motifs is 2. The SMILES string of the molecule is COC(=O)C1=NO[C@]2(C=C(Br)C(OC)=C(Br)[C@@H]2OC(=O)[C@@]23CC[C@@](C)(C(=O)O2)C3(C)C)C1. The van der Waals surface area contributed by atoms with Crippen molar-refractivity contribution in [2.24, 2.45) is 16.0 Å². The van der Waals surface area contributed by atoms with Crippen LogP contribution in [0, 0.1) is 10.8 Å². The largest absolute Gasteiger partial charge is 0.495 e. The first-order valence-electron chi connectivity index (χ1n) is 9.99. The Hall–Kier alpha value is -1.88. The van der Waals surface area contributed by atoms with Gasteiger partial charge in [0.15, 0.2) is 11.8 Å². The Morgan fingerprint density at radius 2 is 1.88 bits per heavy atom. The van der Waals surface area contributed by atoms with E-state index in [1.54, 1.807) is 6.08 Å². The molecule has 4 atom stereocenters. The third-order valence-electron chi connectivity index (χ3n) is 7.51. The molecule has 1 saturated heterocycles. The number of hydrogen-bond donors (Lipinski definition) is 0. The van der Waals surface area contributed by atoms with Crippen LogP contribution in [0.2, 0.25) is 0 Å². The zero-order chi connectivity index (χ0) is 23.7. The van der Waals surface area contributed by atoms with Crippen LogP contribution in [-0.2, 0) is 38.2 Å². The summed E-state index contributed by atoms with van der Waals surface area (Å²) in [6.07, 6.45) is 1.43. The minimum absolute atomic E-state index is 0.00723. The van der Waals surface area contributed by atoms with Crippen LogP contribution in [0.4, 0.5) is 0 Å². The Morgan fingerprint density at radius 1 is 1.19 bits per heavy atom. The van der Waals surface area contributed by atoms with Gasteiger partial charge in [0.05, 0.1) is 35.0 Å². The smallest absolute Gasteiger partial charge is 0.356 e. The van der Waals surface area contributed by atoms with Gasteiger partial charge in [0, 0.05) is 5.41 Å². The zero-order valence-corrected chi connectivity index (χ0v) is 21.4. The number of halogens is 2. The van der Waals surface area contributed by atoms with Crippen LogP contribution < -0.4 is 0 Å². The van der Waals surface area contributed by atoms with E-state index in [1.165, 1.54) is 14.2 Å². The molecule has 0 unspecified atom stereocenters. The van der Waals surface area contributed by atoms with Gasteiger partial charge in [-0.1, -0.05) is 19.0 Å². The van der Waals surface area contributed by atoms with E-state index in [0.29, 0.717) is 27.6 Å². The van der Waals surface area contributed by atoms with Crippen LogP contribution in [0.25, 0.3) is 0 Å². The minimum atomic E-state index is -1.43. The van der Waals surface area contributed by atoms with Crippen molar-refractivity contribution in [3.05, 3.63) is 20.8 Å². The monoisotopic (exact) mass is 575 g/mol. The van der Waals surface area contributed by atoms with E-state index in [9.17, 15) is 14.4 Å². The normalized spacial score (nSPS) is 37.0. The van der Waals surface area contributed by atoms with Crippen LogP contribution in [0.5, 0.6) is 0 Å². The van der Waals surface area contributed by atoms with Crippen LogP contribution in [0.15, 0.2) is 26.0 Å². The third-order valence-corrected chi connectivity index (χ3v) is 8.88. The molecule has 0 aromatic rings. The molecule has 0 radical (unpaired) electrons. The lowest BCUT2D eigenvalue weighted by atomic mass is 9.66. The Kier molecular flexibility index (Phi) is 5.32. The zero-order valence-electron chi connectivity index (χ0n) is 18.2. The molecule has 0 N–H and O–H groups in total. The standard InChI is InChI=1S/C21H23Br2NO8/c1-18(2)19(3)6-7-21(18,31-16(19)26)17(27)30-14-12(23)13(28-4)10(22)8-20(14)9-11(24-32-20)15(25)29-5/h8,14H,6-7,9H2,1-5H3/t14-,19-,20+,21+/m0/s1. The van der Waals surface area contributed by atoms with Crippen molar-refractivity contribution in [1.82, 2.24) is 0 Å². The van der Waals surface area contributed by atoms with E-state index in [-0.39, 0.29) is 12.1 Å². The molecule has 0 amide bonds. The molecule has 1 saturated carbocycles. The van der Waals surface area contributed by atoms with Crippen LogP contribution in [0.1, 0.15) is 40.0 Å². The number of nitrogens with zero attached hydrogens (tertiary/aromatic N) is 1. The fraction of sp³-hybridized carbons (Fsp3) is 0.619. The molecule has 174 valence electrons. The molecule has 2 aliphatic carbocycles. The Morgan fingerprint density at radius 3 is 2.41 bits per heavy atom. The van der Waals surface area contributed by atoms with Crippen LogP contribution in [-0.4, -0.2) is 55.1 Å². The molecule has 2 bridgehead atoms. The summed E-state index contributed by atoms with van der Waals surface area (Å²) in [4.78, 5) is 43.9. The summed E-state index contributed by atoms with van der Waals surface area (Å²) in [5, 5.41) is 3.87. The van der Waals surface area contributed by atoms with Crippen molar-refractivity contribution in [3.8, 4) is 0 Å². The van der Waals surface area contributed by atoms with Gasteiger partial charge in [-0.3, -0.25) is 4.79 Å². The second-order valence-corrected chi connectivity index (χ2v) is 10.8. The van der Waals surface area contributed by atoms with Gasteiger partial charge >= 0.3 is 17.9 Å². The molecule has 0 aromatic carbocycles. The molecule has 11 heteroatoms. The Labute approximate surface area is 201 Å². The second kappa shape index (κ2) is 7.31. The van der Waals surface area contributed by atoms with Gasteiger partial charge in [0.2, 0.25) is 11.2 Å². The topological polar surface area (TPSA) is 110 Å². The van der Waals surface area contributed by atoms with Gasteiger partial charge in [-0.2, -0.15) is 0 Å². The first-order valence-corrected chi connectivity index (χ1v) is 11.6. The predicted molar refractivity (Wildman–Crippen MR) is 118 cm³/mol. The van der Waals surface area contributed by atoms with E-state index in [2.05, 4.69) is 37.0 Å². The highest BCUT2D eigenvalue weighted by molar-refractivity contribution is 9.12. The molecule has 2 heterocycles. The first kappa shape index (κ1) is 23.3. The average Bonchev–Trinajstić information content (AvgIpc) is 3.29. The van der Waals surface area contributed by atoms with Crippen molar-refractivity contribution in [3.63, 3.8) is 0 Å². The third kappa shape index (κ3) is 2.79. The molecule has 2 aliphatic heterocycles. The molecule has 0 aromatic heterocycles. The Balaban J connectivity index is 1.71. The van der Waals surface area contributed by atoms with Crippen LogP contribution >= 0.6 is 31.9 Å². The number of hydrogen-bond acceptors (Lipinski definition) is 9. The number of rotatable bonds is 4. The maximum atomic E-state index is 13.6. The molecule has 1 spiro atoms. The summed E-state index contributed by atoms with van der Waals surface area (Å²) in [7, 11) is 2.71. The van der Waals surface area contributed by atoms with Gasteiger partial charge in [0.25, 0.3) is 0 Å². The second-order valence-electron chi connectivity index (χ2n) is 9.09. The molecule has 4 rings (SSSR count). The van der Waals surface area contributed by atoms with Gasteiger partial charge < -0.3 is 23.8 Å². The molecular weight excluding hydrogens is 554 g/mol. The summed E-state index contributed by atoms with van der Waals surface area (Å²) in [5.41, 5.74) is -4.27. The quantitative estimate of drug-likeness (QED) is 0.370. The summed E-state index contributed by atoms with van der Waals surface area (Å²) in [5.74, 6) is -1.35. The van der Waals surface area contributed by atoms with Crippen molar-refractivity contribution < 1.29 is 38.2 Å².